The number of carbonyl (C=O) groups is 1. The summed E-state index contributed by atoms with van der Waals surface area (Å²) in [6.45, 7) is 6.18. The third-order valence-electron chi connectivity index (χ3n) is 5.47. The SMILES string of the molecule is CC(O)C1CCCN(C(C)C(=O)NCCc2c[nH]c3ccccc23)C1. The number of aromatic nitrogens is 1. The van der Waals surface area contributed by atoms with Crippen LogP contribution in [0.15, 0.2) is 30.5 Å². The first-order chi connectivity index (χ1) is 12.1. The normalized spacial score (nSPS) is 21.2. The Morgan fingerprint density at radius 3 is 3.00 bits per heavy atom. The van der Waals surface area contributed by atoms with Gasteiger partial charge in [0.15, 0.2) is 0 Å². The summed E-state index contributed by atoms with van der Waals surface area (Å²) >= 11 is 0. The summed E-state index contributed by atoms with van der Waals surface area (Å²) < 4.78 is 0. The lowest BCUT2D eigenvalue weighted by Gasteiger charge is -2.37. The number of hydrogen-bond donors (Lipinski definition) is 3. The fourth-order valence-corrected chi connectivity index (χ4v) is 3.76. The van der Waals surface area contributed by atoms with Crippen molar-refractivity contribution in [2.45, 2.75) is 45.3 Å². The second-order valence-corrected chi connectivity index (χ2v) is 7.21. The van der Waals surface area contributed by atoms with Crippen molar-refractivity contribution >= 4 is 16.8 Å². The first kappa shape index (κ1) is 18.0. The molecule has 136 valence electrons. The molecule has 3 rings (SSSR count). The number of nitrogens with zero attached hydrogens (tertiary/aromatic N) is 1. The highest BCUT2D eigenvalue weighted by atomic mass is 16.3. The summed E-state index contributed by atoms with van der Waals surface area (Å²) in [4.78, 5) is 18.0. The number of likely N-dealkylation sites (tertiary alicyclic amines) is 1. The standard InChI is InChI=1S/C20H29N3O2/c1-14(23-11-5-6-17(13-23)15(2)24)20(25)21-10-9-16-12-22-19-8-4-3-7-18(16)19/h3-4,7-8,12,14-15,17,22,24H,5-6,9-11,13H2,1-2H3,(H,21,25). The van der Waals surface area contributed by atoms with Crippen molar-refractivity contribution in [3.63, 3.8) is 0 Å². The summed E-state index contributed by atoms with van der Waals surface area (Å²) in [5.41, 5.74) is 2.37. The number of H-pyrrole nitrogens is 1. The number of aromatic amines is 1. The maximum atomic E-state index is 12.5. The van der Waals surface area contributed by atoms with Crippen LogP contribution in [0.2, 0.25) is 0 Å². The molecule has 2 aromatic rings. The number of aliphatic hydroxyl groups excluding tert-OH is 1. The molecule has 5 nitrogen and oxygen atoms in total. The van der Waals surface area contributed by atoms with E-state index in [4.69, 9.17) is 0 Å². The van der Waals surface area contributed by atoms with Gasteiger partial charge in [-0.3, -0.25) is 9.69 Å². The average molecular weight is 343 g/mol. The zero-order chi connectivity index (χ0) is 17.8. The minimum atomic E-state index is -0.306. The molecule has 1 amide bonds. The van der Waals surface area contributed by atoms with Crippen molar-refractivity contribution in [1.29, 1.82) is 0 Å². The number of fused-ring (bicyclic) bond motifs is 1. The Morgan fingerprint density at radius 2 is 2.20 bits per heavy atom. The fraction of sp³-hybridized carbons (Fsp3) is 0.550. The van der Waals surface area contributed by atoms with Gasteiger partial charge in [0, 0.05) is 30.2 Å². The lowest BCUT2D eigenvalue weighted by molar-refractivity contribution is -0.126. The lowest BCUT2D eigenvalue weighted by atomic mass is 9.92. The summed E-state index contributed by atoms with van der Waals surface area (Å²) in [6.07, 6.45) is 4.63. The van der Waals surface area contributed by atoms with Crippen molar-refractivity contribution in [1.82, 2.24) is 15.2 Å². The molecule has 1 aromatic heterocycles. The van der Waals surface area contributed by atoms with Crippen LogP contribution < -0.4 is 5.32 Å². The summed E-state index contributed by atoms with van der Waals surface area (Å²) in [6, 6.07) is 8.08. The zero-order valence-corrected chi connectivity index (χ0v) is 15.2. The van der Waals surface area contributed by atoms with Crippen molar-refractivity contribution in [3.05, 3.63) is 36.0 Å². The van der Waals surface area contributed by atoms with Gasteiger partial charge in [0.05, 0.1) is 12.1 Å². The van der Waals surface area contributed by atoms with Gasteiger partial charge in [0.25, 0.3) is 0 Å². The predicted octanol–water partition coefficient (Wildman–Crippen LogP) is 2.31. The van der Waals surface area contributed by atoms with E-state index in [0.29, 0.717) is 6.54 Å². The van der Waals surface area contributed by atoms with E-state index < -0.39 is 0 Å². The van der Waals surface area contributed by atoms with Crippen LogP contribution in [0.5, 0.6) is 0 Å². The van der Waals surface area contributed by atoms with Gasteiger partial charge in [-0.1, -0.05) is 18.2 Å². The van der Waals surface area contributed by atoms with Crippen molar-refractivity contribution in [3.8, 4) is 0 Å². The Morgan fingerprint density at radius 1 is 1.40 bits per heavy atom. The largest absolute Gasteiger partial charge is 0.393 e. The van der Waals surface area contributed by atoms with Gasteiger partial charge in [0.1, 0.15) is 0 Å². The number of para-hydroxylation sites is 1. The van der Waals surface area contributed by atoms with E-state index in [9.17, 15) is 9.90 Å². The molecule has 1 saturated heterocycles. The molecule has 1 aromatic carbocycles. The van der Waals surface area contributed by atoms with Gasteiger partial charge < -0.3 is 15.4 Å². The summed E-state index contributed by atoms with van der Waals surface area (Å²) in [5.74, 6) is 0.348. The smallest absolute Gasteiger partial charge is 0.237 e. The molecule has 0 bridgehead atoms. The van der Waals surface area contributed by atoms with Gasteiger partial charge in [0.2, 0.25) is 5.91 Å². The maximum absolute atomic E-state index is 12.5. The third kappa shape index (κ3) is 4.22. The molecule has 3 atom stereocenters. The van der Waals surface area contributed by atoms with Gasteiger partial charge in [-0.15, -0.1) is 0 Å². The van der Waals surface area contributed by atoms with Crippen LogP contribution in [0.3, 0.4) is 0 Å². The topological polar surface area (TPSA) is 68.4 Å². The van der Waals surface area contributed by atoms with E-state index in [1.54, 1.807) is 0 Å². The van der Waals surface area contributed by atoms with E-state index in [-0.39, 0.29) is 24.0 Å². The highest BCUT2D eigenvalue weighted by molar-refractivity contribution is 5.83. The highest BCUT2D eigenvalue weighted by Gasteiger charge is 2.29. The van der Waals surface area contributed by atoms with Gasteiger partial charge in [-0.2, -0.15) is 0 Å². The highest BCUT2D eigenvalue weighted by Crippen LogP contribution is 2.21. The van der Waals surface area contributed by atoms with Crippen LogP contribution >= 0.6 is 0 Å². The quantitative estimate of drug-likeness (QED) is 0.754. The second-order valence-electron chi connectivity index (χ2n) is 7.21. The van der Waals surface area contributed by atoms with Gasteiger partial charge >= 0.3 is 0 Å². The first-order valence-electron chi connectivity index (χ1n) is 9.31. The molecular formula is C20H29N3O2. The molecule has 1 aliphatic rings. The molecule has 3 N–H and O–H groups in total. The van der Waals surface area contributed by atoms with Gasteiger partial charge in [-0.05, 0) is 57.2 Å². The molecule has 1 aliphatic heterocycles. The Kier molecular flexibility index (Phi) is 5.76. The lowest BCUT2D eigenvalue weighted by Crippen LogP contribution is -2.50. The van der Waals surface area contributed by atoms with E-state index >= 15 is 0 Å². The minimum Gasteiger partial charge on any atom is -0.393 e. The molecule has 2 heterocycles. The molecular weight excluding hydrogens is 314 g/mol. The van der Waals surface area contributed by atoms with Crippen LogP contribution in [-0.4, -0.2) is 52.7 Å². The Bertz CT molecular complexity index is 710. The van der Waals surface area contributed by atoms with Crippen LogP contribution in [0.4, 0.5) is 0 Å². The van der Waals surface area contributed by atoms with E-state index in [1.165, 1.54) is 10.9 Å². The molecule has 0 radical (unpaired) electrons. The van der Waals surface area contributed by atoms with Crippen LogP contribution in [-0.2, 0) is 11.2 Å². The molecule has 0 spiro atoms. The van der Waals surface area contributed by atoms with Crippen molar-refractivity contribution in [2.24, 2.45) is 5.92 Å². The van der Waals surface area contributed by atoms with E-state index in [0.717, 1.165) is 37.9 Å². The Hall–Kier alpha value is -1.85. The summed E-state index contributed by atoms with van der Waals surface area (Å²) in [7, 11) is 0. The molecule has 0 aliphatic carbocycles. The molecule has 1 fully saturated rings. The van der Waals surface area contributed by atoms with Crippen molar-refractivity contribution < 1.29 is 9.90 Å². The number of amides is 1. The fourth-order valence-electron chi connectivity index (χ4n) is 3.76. The molecule has 0 saturated carbocycles. The number of aliphatic hydroxyl groups is 1. The van der Waals surface area contributed by atoms with Gasteiger partial charge in [-0.25, -0.2) is 0 Å². The monoisotopic (exact) mass is 343 g/mol. The maximum Gasteiger partial charge on any atom is 0.237 e. The zero-order valence-electron chi connectivity index (χ0n) is 15.2. The Balaban J connectivity index is 1.50. The van der Waals surface area contributed by atoms with Crippen LogP contribution in [0.25, 0.3) is 10.9 Å². The number of rotatable bonds is 6. The van der Waals surface area contributed by atoms with E-state index in [2.05, 4.69) is 27.3 Å². The van der Waals surface area contributed by atoms with Crippen molar-refractivity contribution in [2.75, 3.05) is 19.6 Å². The number of nitrogens with one attached hydrogen (secondary N) is 2. The number of piperidine rings is 1. The van der Waals surface area contributed by atoms with Crippen LogP contribution in [0, 0.1) is 5.92 Å². The van der Waals surface area contributed by atoms with Crippen LogP contribution in [0.1, 0.15) is 32.3 Å². The van der Waals surface area contributed by atoms with E-state index in [1.807, 2.05) is 32.2 Å². The minimum absolute atomic E-state index is 0.0751. The third-order valence-corrected chi connectivity index (χ3v) is 5.47. The molecule has 3 unspecified atom stereocenters. The predicted molar refractivity (Wildman–Crippen MR) is 100 cm³/mol. The number of carbonyl (C=O) groups excluding carboxylic acids is 1. The molecule has 5 heteroatoms. The Labute approximate surface area is 149 Å². The second kappa shape index (κ2) is 8.02. The number of hydrogen-bond acceptors (Lipinski definition) is 3. The number of benzene rings is 1. The first-order valence-corrected chi connectivity index (χ1v) is 9.31. The molecule has 25 heavy (non-hydrogen) atoms. The average Bonchev–Trinajstić information content (AvgIpc) is 3.04. The summed E-state index contributed by atoms with van der Waals surface area (Å²) in [5, 5.41) is 14.1.